The lowest BCUT2D eigenvalue weighted by Gasteiger charge is -2.35. The van der Waals surface area contributed by atoms with E-state index in [1.54, 1.807) is 28.0 Å². The molecule has 0 bridgehead atoms. The van der Waals surface area contributed by atoms with Crippen LogP contribution in [0.15, 0.2) is 10.4 Å². The third kappa shape index (κ3) is 4.02. The van der Waals surface area contributed by atoms with Crippen molar-refractivity contribution < 1.29 is 9.53 Å². The van der Waals surface area contributed by atoms with Crippen LogP contribution in [0, 0.1) is 0 Å². The first-order valence-corrected chi connectivity index (χ1v) is 8.66. The van der Waals surface area contributed by atoms with E-state index in [-0.39, 0.29) is 6.09 Å². The normalized spacial score (nSPS) is 16.4. The summed E-state index contributed by atoms with van der Waals surface area (Å²) in [6.45, 7) is 8.65. The molecule has 1 amide bonds. The first-order valence-electron chi connectivity index (χ1n) is 6.62. The summed E-state index contributed by atoms with van der Waals surface area (Å²) >= 11 is 3.41. The fraction of sp³-hybridized carbons (Fsp3) is 0.692. The van der Waals surface area contributed by atoms with Crippen LogP contribution in [0.1, 0.15) is 20.8 Å². The third-order valence-electron chi connectivity index (χ3n) is 2.88. The number of rotatable bonds is 2. The number of piperazine rings is 1. The van der Waals surface area contributed by atoms with Gasteiger partial charge in [-0.3, -0.25) is 0 Å². The summed E-state index contributed by atoms with van der Waals surface area (Å²) in [6.07, 6.45) is 3.74. The third-order valence-corrected chi connectivity index (χ3v) is 4.99. The molecule has 2 heterocycles. The Morgan fingerprint density at radius 2 is 2.00 bits per heavy atom. The Hall–Kier alpha value is -0.950. The number of amides is 1. The molecule has 112 valence electrons. The van der Waals surface area contributed by atoms with Crippen LogP contribution in [-0.4, -0.2) is 54.0 Å². The van der Waals surface area contributed by atoms with Crippen LogP contribution in [0.3, 0.4) is 0 Å². The molecular formula is C13H21N3O2S2. The van der Waals surface area contributed by atoms with Gasteiger partial charge in [0.15, 0.2) is 5.13 Å². The summed E-state index contributed by atoms with van der Waals surface area (Å²) in [5.74, 6) is 0. The Bertz CT molecular complexity index is 462. The molecule has 1 fully saturated rings. The minimum Gasteiger partial charge on any atom is -0.444 e. The van der Waals surface area contributed by atoms with Crippen LogP contribution in [0.4, 0.5) is 9.93 Å². The van der Waals surface area contributed by atoms with Gasteiger partial charge in [-0.1, -0.05) is 11.3 Å². The largest absolute Gasteiger partial charge is 0.444 e. The smallest absolute Gasteiger partial charge is 0.410 e. The number of ether oxygens (including phenoxy) is 1. The van der Waals surface area contributed by atoms with Crippen LogP contribution in [0.25, 0.3) is 0 Å². The molecule has 7 heteroatoms. The van der Waals surface area contributed by atoms with Gasteiger partial charge in [0.05, 0.1) is 10.4 Å². The zero-order valence-corrected chi connectivity index (χ0v) is 14.0. The first kappa shape index (κ1) is 15.4. The number of aromatic nitrogens is 1. The van der Waals surface area contributed by atoms with Gasteiger partial charge in [0, 0.05) is 26.2 Å². The minimum absolute atomic E-state index is 0.221. The van der Waals surface area contributed by atoms with Crippen molar-refractivity contribution in [2.45, 2.75) is 30.6 Å². The van der Waals surface area contributed by atoms with E-state index < -0.39 is 5.60 Å². The number of anilines is 1. The highest BCUT2D eigenvalue weighted by atomic mass is 32.2. The van der Waals surface area contributed by atoms with Crippen LogP contribution in [-0.2, 0) is 4.74 Å². The topological polar surface area (TPSA) is 45.7 Å². The van der Waals surface area contributed by atoms with Gasteiger partial charge < -0.3 is 14.5 Å². The molecule has 1 aliphatic rings. The SMILES string of the molecule is CSc1cnc(N2CCN(C(=O)OC(C)(C)C)CC2)s1. The van der Waals surface area contributed by atoms with Crippen molar-refractivity contribution in [3.8, 4) is 0 Å². The van der Waals surface area contributed by atoms with Gasteiger partial charge >= 0.3 is 6.09 Å². The Morgan fingerprint density at radius 1 is 1.35 bits per heavy atom. The highest BCUT2D eigenvalue weighted by molar-refractivity contribution is 8.00. The Morgan fingerprint density at radius 3 is 2.50 bits per heavy atom. The number of nitrogens with zero attached hydrogens (tertiary/aromatic N) is 3. The van der Waals surface area contributed by atoms with Gasteiger partial charge in [-0.15, -0.1) is 11.8 Å². The number of thiazole rings is 1. The summed E-state index contributed by atoms with van der Waals surface area (Å²) in [7, 11) is 0. The molecular weight excluding hydrogens is 294 g/mol. The summed E-state index contributed by atoms with van der Waals surface area (Å²) in [6, 6.07) is 0. The van der Waals surface area contributed by atoms with Crippen molar-refractivity contribution in [2.75, 3.05) is 37.3 Å². The molecule has 0 N–H and O–H groups in total. The summed E-state index contributed by atoms with van der Waals surface area (Å²) in [4.78, 5) is 20.4. The van der Waals surface area contributed by atoms with Crippen molar-refractivity contribution in [1.29, 1.82) is 0 Å². The van der Waals surface area contributed by atoms with E-state index in [0.717, 1.165) is 18.2 Å². The van der Waals surface area contributed by atoms with Gasteiger partial charge in [0.1, 0.15) is 5.60 Å². The monoisotopic (exact) mass is 315 g/mol. The second-order valence-corrected chi connectivity index (χ2v) is 7.74. The van der Waals surface area contributed by atoms with E-state index in [4.69, 9.17) is 4.74 Å². The summed E-state index contributed by atoms with van der Waals surface area (Å²) in [5, 5.41) is 1.04. The van der Waals surface area contributed by atoms with Crippen LogP contribution in [0.5, 0.6) is 0 Å². The van der Waals surface area contributed by atoms with Crippen LogP contribution in [0.2, 0.25) is 0 Å². The van der Waals surface area contributed by atoms with E-state index in [9.17, 15) is 4.79 Å². The number of hydrogen-bond donors (Lipinski definition) is 0. The number of carbonyl (C=O) groups is 1. The molecule has 0 aromatic carbocycles. The second kappa shape index (κ2) is 6.22. The molecule has 1 aliphatic heterocycles. The van der Waals surface area contributed by atoms with Gasteiger partial charge in [0.25, 0.3) is 0 Å². The summed E-state index contributed by atoms with van der Waals surface area (Å²) in [5.41, 5.74) is -0.434. The van der Waals surface area contributed by atoms with Gasteiger partial charge in [-0.25, -0.2) is 9.78 Å². The van der Waals surface area contributed by atoms with Crippen molar-refractivity contribution in [2.24, 2.45) is 0 Å². The molecule has 0 spiro atoms. The maximum Gasteiger partial charge on any atom is 0.410 e. The molecule has 0 unspecified atom stereocenters. The fourth-order valence-corrected chi connectivity index (χ4v) is 3.32. The maximum absolute atomic E-state index is 12.0. The average Bonchev–Trinajstić information content (AvgIpc) is 2.85. The fourth-order valence-electron chi connectivity index (χ4n) is 1.90. The number of hydrogen-bond acceptors (Lipinski definition) is 6. The average molecular weight is 315 g/mol. The lowest BCUT2D eigenvalue weighted by atomic mass is 10.2. The van der Waals surface area contributed by atoms with E-state index >= 15 is 0 Å². The predicted molar refractivity (Wildman–Crippen MR) is 83.9 cm³/mol. The van der Waals surface area contributed by atoms with Crippen molar-refractivity contribution in [1.82, 2.24) is 9.88 Å². The van der Waals surface area contributed by atoms with Crippen LogP contribution >= 0.6 is 23.1 Å². The standard InChI is InChI=1S/C13H21N3O2S2/c1-13(2,3)18-12(17)16-7-5-15(6-8-16)11-14-9-10(19-4)20-11/h9H,5-8H2,1-4H3. The maximum atomic E-state index is 12.0. The molecule has 20 heavy (non-hydrogen) atoms. The lowest BCUT2D eigenvalue weighted by molar-refractivity contribution is 0.0240. The van der Waals surface area contributed by atoms with E-state index in [2.05, 4.69) is 16.1 Å². The zero-order chi connectivity index (χ0) is 14.8. The van der Waals surface area contributed by atoms with E-state index in [0.29, 0.717) is 13.1 Å². The summed E-state index contributed by atoms with van der Waals surface area (Å²) < 4.78 is 6.61. The lowest BCUT2D eigenvalue weighted by Crippen LogP contribution is -2.50. The van der Waals surface area contributed by atoms with Crippen molar-refractivity contribution >= 4 is 34.3 Å². The van der Waals surface area contributed by atoms with Gasteiger partial charge in [0.2, 0.25) is 0 Å². The van der Waals surface area contributed by atoms with Crippen LogP contribution < -0.4 is 4.90 Å². The highest BCUT2D eigenvalue weighted by Gasteiger charge is 2.26. The Balaban J connectivity index is 1.87. The van der Waals surface area contributed by atoms with Gasteiger partial charge in [-0.05, 0) is 27.0 Å². The molecule has 2 rings (SSSR count). The second-order valence-electron chi connectivity index (χ2n) is 5.62. The van der Waals surface area contributed by atoms with Crippen molar-refractivity contribution in [3.63, 3.8) is 0 Å². The predicted octanol–water partition coefficient (Wildman–Crippen LogP) is 2.92. The molecule has 1 saturated heterocycles. The highest BCUT2D eigenvalue weighted by Crippen LogP contribution is 2.29. The molecule has 0 aliphatic carbocycles. The molecule has 1 aromatic heterocycles. The quantitative estimate of drug-likeness (QED) is 0.785. The Kier molecular flexibility index (Phi) is 4.80. The number of thioether (sulfide) groups is 1. The van der Waals surface area contributed by atoms with E-state index in [1.165, 1.54) is 4.21 Å². The zero-order valence-electron chi connectivity index (χ0n) is 12.4. The minimum atomic E-state index is -0.434. The molecule has 0 atom stereocenters. The molecule has 0 saturated carbocycles. The molecule has 1 aromatic rings. The van der Waals surface area contributed by atoms with E-state index in [1.807, 2.05) is 27.0 Å². The Labute approximate surface area is 128 Å². The van der Waals surface area contributed by atoms with Gasteiger partial charge in [-0.2, -0.15) is 0 Å². The van der Waals surface area contributed by atoms with Crippen molar-refractivity contribution in [3.05, 3.63) is 6.20 Å². The molecule has 0 radical (unpaired) electrons. The first-order chi connectivity index (χ1) is 9.39. The molecule has 5 nitrogen and oxygen atoms in total. The number of carbonyl (C=O) groups excluding carboxylic acids is 1.